The standard InChI is InChI=1S/C7H11NO5/c9-1-7(12)5-4(13-2-8-5)3(10)6(7)11/h2-6,9-12H,1H2. The van der Waals surface area contributed by atoms with Crippen LogP contribution in [-0.2, 0) is 4.74 Å². The molecule has 4 N–H and O–H groups in total. The lowest BCUT2D eigenvalue weighted by Crippen LogP contribution is -2.50. The molecular weight excluding hydrogens is 178 g/mol. The second-order valence-electron chi connectivity index (χ2n) is 3.38. The van der Waals surface area contributed by atoms with Crippen molar-refractivity contribution in [3.8, 4) is 0 Å². The molecule has 0 aromatic carbocycles. The maximum absolute atomic E-state index is 9.76. The van der Waals surface area contributed by atoms with Crippen LogP contribution in [0.2, 0.25) is 0 Å². The zero-order valence-electron chi connectivity index (χ0n) is 6.74. The fourth-order valence-electron chi connectivity index (χ4n) is 1.85. The van der Waals surface area contributed by atoms with Crippen LogP contribution in [-0.4, -0.2) is 63.4 Å². The van der Waals surface area contributed by atoms with Gasteiger partial charge in [0.25, 0.3) is 0 Å². The minimum Gasteiger partial charge on any atom is -0.475 e. The summed E-state index contributed by atoms with van der Waals surface area (Å²) in [5, 5.41) is 37.5. The summed E-state index contributed by atoms with van der Waals surface area (Å²) in [6, 6.07) is -0.789. The van der Waals surface area contributed by atoms with Crippen LogP contribution in [0, 0.1) is 0 Å². The Hall–Kier alpha value is -0.690. The van der Waals surface area contributed by atoms with Gasteiger partial charge in [-0.15, -0.1) is 0 Å². The van der Waals surface area contributed by atoms with Crippen molar-refractivity contribution in [3.05, 3.63) is 0 Å². The molecule has 2 aliphatic rings. The lowest BCUT2D eigenvalue weighted by Gasteiger charge is -2.26. The molecule has 1 fully saturated rings. The Labute approximate surface area is 74.1 Å². The fraction of sp³-hybridized carbons (Fsp3) is 0.857. The third-order valence-corrected chi connectivity index (χ3v) is 2.69. The average molecular weight is 189 g/mol. The van der Waals surface area contributed by atoms with E-state index in [-0.39, 0.29) is 0 Å². The van der Waals surface area contributed by atoms with Gasteiger partial charge >= 0.3 is 0 Å². The summed E-state index contributed by atoms with van der Waals surface area (Å²) in [6.07, 6.45) is -2.29. The van der Waals surface area contributed by atoms with Crippen molar-refractivity contribution in [2.24, 2.45) is 4.99 Å². The summed E-state index contributed by atoms with van der Waals surface area (Å²) in [5.74, 6) is 0. The number of ether oxygens (including phenoxy) is 1. The monoisotopic (exact) mass is 189 g/mol. The van der Waals surface area contributed by atoms with E-state index in [1.54, 1.807) is 0 Å². The van der Waals surface area contributed by atoms with Crippen molar-refractivity contribution in [3.63, 3.8) is 0 Å². The van der Waals surface area contributed by atoms with E-state index in [2.05, 4.69) is 4.99 Å². The molecular formula is C7H11NO5. The molecule has 0 bridgehead atoms. The molecule has 0 radical (unpaired) electrons. The number of aliphatic hydroxyl groups is 4. The molecule has 74 valence electrons. The predicted octanol–water partition coefficient (Wildman–Crippen LogP) is -2.76. The van der Waals surface area contributed by atoms with E-state index in [4.69, 9.17) is 9.84 Å². The van der Waals surface area contributed by atoms with Gasteiger partial charge < -0.3 is 25.2 Å². The van der Waals surface area contributed by atoms with Crippen LogP contribution < -0.4 is 0 Å². The number of rotatable bonds is 1. The van der Waals surface area contributed by atoms with Crippen LogP contribution in [0.25, 0.3) is 0 Å². The number of hydrogen-bond donors (Lipinski definition) is 4. The van der Waals surface area contributed by atoms with Gasteiger partial charge in [-0.25, -0.2) is 4.99 Å². The fourth-order valence-corrected chi connectivity index (χ4v) is 1.85. The van der Waals surface area contributed by atoms with Gasteiger partial charge in [0.1, 0.15) is 23.9 Å². The summed E-state index contributed by atoms with van der Waals surface area (Å²) in [5.41, 5.74) is -1.79. The molecule has 1 heterocycles. The molecule has 0 amide bonds. The highest BCUT2D eigenvalue weighted by molar-refractivity contribution is 5.52. The second-order valence-corrected chi connectivity index (χ2v) is 3.38. The molecule has 5 unspecified atom stereocenters. The van der Waals surface area contributed by atoms with Gasteiger partial charge in [0.05, 0.1) is 6.61 Å². The number of nitrogens with zero attached hydrogens (tertiary/aromatic N) is 1. The van der Waals surface area contributed by atoms with Crippen molar-refractivity contribution in [1.29, 1.82) is 0 Å². The predicted molar refractivity (Wildman–Crippen MR) is 41.2 cm³/mol. The van der Waals surface area contributed by atoms with Crippen molar-refractivity contribution >= 4 is 6.40 Å². The molecule has 13 heavy (non-hydrogen) atoms. The van der Waals surface area contributed by atoms with Crippen molar-refractivity contribution in [2.45, 2.75) is 30.0 Å². The van der Waals surface area contributed by atoms with E-state index in [9.17, 15) is 15.3 Å². The van der Waals surface area contributed by atoms with Crippen LogP contribution in [0.3, 0.4) is 0 Å². The van der Waals surface area contributed by atoms with Gasteiger partial charge in [0.15, 0.2) is 12.5 Å². The van der Waals surface area contributed by atoms with E-state index in [0.29, 0.717) is 0 Å². The highest BCUT2D eigenvalue weighted by Crippen LogP contribution is 2.37. The topological polar surface area (TPSA) is 103 Å². The Morgan fingerprint density at radius 1 is 1.46 bits per heavy atom. The van der Waals surface area contributed by atoms with Gasteiger partial charge in [0, 0.05) is 0 Å². The first-order chi connectivity index (χ1) is 6.11. The Morgan fingerprint density at radius 3 is 2.77 bits per heavy atom. The van der Waals surface area contributed by atoms with Crippen molar-refractivity contribution in [2.75, 3.05) is 6.61 Å². The third-order valence-electron chi connectivity index (χ3n) is 2.69. The molecule has 1 aliphatic carbocycles. The molecule has 0 saturated heterocycles. The molecule has 6 heteroatoms. The molecule has 5 atom stereocenters. The normalized spacial score (nSPS) is 53.5. The largest absolute Gasteiger partial charge is 0.475 e. The van der Waals surface area contributed by atoms with Crippen LogP contribution in [0.5, 0.6) is 0 Å². The smallest absolute Gasteiger partial charge is 0.170 e. The van der Waals surface area contributed by atoms with Crippen LogP contribution in [0.1, 0.15) is 0 Å². The molecule has 0 aromatic heterocycles. The third kappa shape index (κ3) is 0.939. The van der Waals surface area contributed by atoms with E-state index in [0.717, 1.165) is 6.40 Å². The van der Waals surface area contributed by atoms with Gasteiger partial charge in [-0.1, -0.05) is 0 Å². The summed E-state index contributed by atoms with van der Waals surface area (Å²) < 4.78 is 4.88. The van der Waals surface area contributed by atoms with Crippen LogP contribution in [0.4, 0.5) is 0 Å². The minimum atomic E-state index is -1.79. The SMILES string of the molecule is OCC1(O)C(O)C(O)C2OC=NC21. The van der Waals surface area contributed by atoms with E-state index >= 15 is 0 Å². The van der Waals surface area contributed by atoms with E-state index < -0.39 is 36.6 Å². The molecule has 0 spiro atoms. The molecule has 2 rings (SSSR count). The molecule has 6 nitrogen and oxygen atoms in total. The van der Waals surface area contributed by atoms with Gasteiger partial charge in [0.2, 0.25) is 0 Å². The highest BCUT2D eigenvalue weighted by atomic mass is 16.5. The summed E-state index contributed by atoms with van der Waals surface area (Å²) in [4.78, 5) is 3.75. The summed E-state index contributed by atoms with van der Waals surface area (Å²) in [7, 11) is 0. The molecule has 1 saturated carbocycles. The maximum Gasteiger partial charge on any atom is 0.170 e. The Morgan fingerprint density at radius 2 is 2.15 bits per heavy atom. The van der Waals surface area contributed by atoms with Crippen molar-refractivity contribution in [1.82, 2.24) is 0 Å². The summed E-state index contributed by atoms with van der Waals surface area (Å²) >= 11 is 0. The van der Waals surface area contributed by atoms with Gasteiger partial charge in [-0.2, -0.15) is 0 Å². The van der Waals surface area contributed by atoms with E-state index in [1.807, 2.05) is 0 Å². The zero-order chi connectivity index (χ0) is 9.64. The first-order valence-electron chi connectivity index (χ1n) is 3.97. The number of hydrogen-bond acceptors (Lipinski definition) is 6. The van der Waals surface area contributed by atoms with Crippen LogP contribution in [0.15, 0.2) is 4.99 Å². The Kier molecular flexibility index (Phi) is 1.81. The number of aliphatic imine (C=N–C) groups is 1. The quantitative estimate of drug-likeness (QED) is 0.358. The Balaban J connectivity index is 2.33. The highest BCUT2D eigenvalue weighted by Gasteiger charge is 2.62. The molecule has 1 aliphatic heterocycles. The van der Waals surface area contributed by atoms with Crippen molar-refractivity contribution < 1.29 is 25.2 Å². The molecule has 0 aromatic rings. The van der Waals surface area contributed by atoms with E-state index in [1.165, 1.54) is 0 Å². The zero-order valence-corrected chi connectivity index (χ0v) is 6.74. The number of fused-ring (bicyclic) bond motifs is 1. The second kappa shape index (κ2) is 2.65. The van der Waals surface area contributed by atoms with Crippen LogP contribution >= 0.6 is 0 Å². The Bertz CT molecular complexity index is 245. The number of aliphatic hydroxyl groups excluding tert-OH is 3. The first kappa shape index (κ1) is 8.89. The van der Waals surface area contributed by atoms with Gasteiger partial charge in [-0.3, -0.25) is 0 Å². The first-order valence-corrected chi connectivity index (χ1v) is 3.97. The lowest BCUT2D eigenvalue weighted by atomic mass is 9.97. The lowest BCUT2D eigenvalue weighted by molar-refractivity contribution is -0.117. The maximum atomic E-state index is 9.76. The van der Waals surface area contributed by atoms with Gasteiger partial charge in [-0.05, 0) is 0 Å². The minimum absolute atomic E-state index is 0.660. The summed E-state index contributed by atoms with van der Waals surface area (Å²) in [6.45, 7) is -0.660. The average Bonchev–Trinajstić information content (AvgIpc) is 2.67.